The van der Waals surface area contributed by atoms with Crippen LogP contribution in [0.4, 0.5) is 5.69 Å². The van der Waals surface area contributed by atoms with Gasteiger partial charge >= 0.3 is 0 Å². The van der Waals surface area contributed by atoms with Gasteiger partial charge in [-0.1, -0.05) is 47.6 Å². The van der Waals surface area contributed by atoms with E-state index >= 15 is 0 Å². The summed E-state index contributed by atoms with van der Waals surface area (Å²) in [5.41, 5.74) is 9.75. The van der Waals surface area contributed by atoms with Gasteiger partial charge in [0.05, 0.1) is 5.69 Å². The monoisotopic (exact) mass is 318 g/mol. The Morgan fingerprint density at radius 1 is 1.08 bits per heavy atom. The first-order valence-corrected chi connectivity index (χ1v) is 7.80. The van der Waals surface area contributed by atoms with Gasteiger partial charge in [0.25, 0.3) is 5.91 Å². The molecule has 2 heterocycles. The molecule has 0 aliphatic carbocycles. The van der Waals surface area contributed by atoms with E-state index in [9.17, 15) is 9.59 Å². The number of hydrogen-bond donors (Lipinski definition) is 0. The van der Waals surface area contributed by atoms with Crippen molar-refractivity contribution in [1.82, 2.24) is 0 Å². The second kappa shape index (κ2) is 5.22. The minimum atomic E-state index is -1.86. The fraction of sp³-hybridized carbons (Fsp3) is 0.222. The molecular formula is C18H14N4O2. The van der Waals surface area contributed by atoms with Gasteiger partial charge in [-0.3, -0.25) is 9.59 Å². The van der Waals surface area contributed by atoms with E-state index in [0.717, 1.165) is 18.4 Å². The zero-order valence-corrected chi connectivity index (χ0v) is 12.8. The van der Waals surface area contributed by atoms with Crippen molar-refractivity contribution < 1.29 is 9.59 Å². The number of benzene rings is 2. The summed E-state index contributed by atoms with van der Waals surface area (Å²) in [6, 6.07) is 14.0. The quantitative estimate of drug-likeness (QED) is 0.368. The molecule has 118 valence electrons. The Morgan fingerprint density at radius 3 is 2.62 bits per heavy atom. The molecule has 4 rings (SSSR count). The van der Waals surface area contributed by atoms with Crippen molar-refractivity contribution in [2.24, 2.45) is 5.11 Å². The molecule has 0 unspecified atom stereocenters. The minimum Gasteiger partial charge on any atom is -0.310 e. The number of nitrogens with zero attached hydrogens (tertiary/aromatic N) is 4. The molecule has 2 aliphatic heterocycles. The fourth-order valence-electron chi connectivity index (χ4n) is 3.67. The first kappa shape index (κ1) is 14.5. The van der Waals surface area contributed by atoms with Crippen LogP contribution in [0.1, 0.15) is 27.9 Å². The Morgan fingerprint density at radius 2 is 1.88 bits per heavy atom. The third-order valence-corrected chi connectivity index (χ3v) is 4.73. The van der Waals surface area contributed by atoms with Crippen LogP contribution in [0.2, 0.25) is 0 Å². The smallest absolute Gasteiger partial charge is 0.251 e. The van der Waals surface area contributed by atoms with E-state index in [1.54, 1.807) is 41.3 Å². The molecule has 0 aromatic heterocycles. The number of anilines is 1. The lowest BCUT2D eigenvalue weighted by Crippen LogP contribution is -2.56. The molecule has 2 aliphatic rings. The van der Waals surface area contributed by atoms with Crippen molar-refractivity contribution >= 4 is 17.4 Å². The highest BCUT2D eigenvalue weighted by atomic mass is 16.2. The van der Waals surface area contributed by atoms with Crippen molar-refractivity contribution in [1.29, 1.82) is 0 Å². The summed E-state index contributed by atoms with van der Waals surface area (Å²) in [6.45, 7) is 0.520. The highest BCUT2D eigenvalue weighted by Gasteiger charge is 2.54. The van der Waals surface area contributed by atoms with Gasteiger partial charge in [-0.2, -0.15) is 0 Å². The number of aryl methyl sites for hydroxylation is 1. The second-order valence-corrected chi connectivity index (χ2v) is 5.97. The van der Waals surface area contributed by atoms with Crippen LogP contribution in [0.3, 0.4) is 0 Å². The molecule has 2 aromatic rings. The molecule has 1 amide bonds. The van der Waals surface area contributed by atoms with E-state index in [0.29, 0.717) is 23.4 Å². The highest BCUT2D eigenvalue weighted by Crippen LogP contribution is 2.44. The maximum Gasteiger partial charge on any atom is 0.251 e. The van der Waals surface area contributed by atoms with E-state index < -0.39 is 17.2 Å². The van der Waals surface area contributed by atoms with Crippen LogP contribution in [0.25, 0.3) is 10.4 Å². The van der Waals surface area contributed by atoms with Gasteiger partial charge in [-0.05, 0) is 35.6 Å². The van der Waals surface area contributed by atoms with E-state index in [-0.39, 0.29) is 0 Å². The Labute approximate surface area is 138 Å². The van der Waals surface area contributed by atoms with Crippen molar-refractivity contribution in [2.75, 3.05) is 11.4 Å². The second-order valence-electron chi connectivity index (χ2n) is 5.97. The van der Waals surface area contributed by atoms with Gasteiger partial charge in [0.15, 0.2) is 5.78 Å². The van der Waals surface area contributed by atoms with E-state index in [1.807, 2.05) is 12.1 Å². The van der Waals surface area contributed by atoms with Crippen LogP contribution in [-0.4, -0.2) is 18.2 Å². The summed E-state index contributed by atoms with van der Waals surface area (Å²) >= 11 is 0. The van der Waals surface area contributed by atoms with Gasteiger partial charge in [0.2, 0.25) is 5.54 Å². The molecule has 24 heavy (non-hydrogen) atoms. The number of Topliss-reactive ketones (excluding diaryl/α,β-unsaturated/α-hetero) is 1. The summed E-state index contributed by atoms with van der Waals surface area (Å²) in [4.78, 5) is 31.0. The Hall–Kier alpha value is -3.11. The van der Waals surface area contributed by atoms with Crippen LogP contribution in [0.15, 0.2) is 53.6 Å². The standard InChI is InChI=1S/C18H14N4O2/c19-21-20-18(13-8-2-1-3-9-13)16(23)14-10-4-6-12-7-5-11-22(15(12)14)17(18)24/h1-4,6,8-10H,5,7,11H2/t18-/m1/s1. The maximum atomic E-state index is 13.3. The number of ketones is 1. The third kappa shape index (κ3) is 1.74. The predicted octanol–water partition coefficient (Wildman–Crippen LogP) is 3.37. The van der Waals surface area contributed by atoms with Gasteiger partial charge in [0.1, 0.15) is 0 Å². The largest absolute Gasteiger partial charge is 0.310 e. The summed E-state index contributed by atoms with van der Waals surface area (Å²) in [7, 11) is 0. The summed E-state index contributed by atoms with van der Waals surface area (Å²) in [5.74, 6) is -0.914. The number of amides is 1. The zero-order chi connectivity index (χ0) is 16.7. The van der Waals surface area contributed by atoms with E-state index in [1.165, 1.54) is 0 Å². The highest BCUT2D eigenvalue weighted by molar-refractivity contribution is 6.28. The van der Waals surface area contributed by atoms with Crippen LogP contribution in [0, 0.1) is 0 Å². The Bertz CT molecular complexity index is 902. The van der Waals surface area contributed by atoms with Crippen molar-refractivity contribution in [3.05, 3.63) is 75.7 Å². The molecular weight excluding hydrogens is 304 g/mol. The topological polar surface area (TPSA) is 86.1 Å². The van der Waals surface area contributed by atoms with Gasteiger partial charge in [-0.25, -0.2) is 0 Å². The molecule has 1 atom stereocenters. The lowest BCUT2D eigenvalue weighted by Gasteiger charge is -2.42. The summed E-state index contributed by atoms with van der Waals surface area (Å²) < 4.78 is 0. The number of azide groups is 1. The molecule has 0 spiro atoms. The first-order chi connectivity index (χ1) is 11.7. The normalized spacial score (nSPS) is 21.9. The van der Waals surface area contributed by atoms with Crippen LogP contribution < -0.4 is 4.90 Å². The molecule has 0 saturated heterocycles. The number of rotatable bonds is 2. The molecule has 6 nitrogen and oxygen atoms in total. The average molecular weight is 318 g/mol. The molecule has 0 fully saturated rings. The number of para-hydroxylation sites is 1. The third-order valence-electron chi connectivity index (χ3n) is 4.73. The molecule has 2 aromatic carbocycles. The predicted molar refractivity (Wildman–Crippen MR) is 88.7 cm³/mol. The van der Waals surface area contributed by atoms with E-state index in [2.05, 4.69) is 10.0 Å². The lowest BCUT2D eigenvalue weighted by atomic mass is 9.76. The minimum absolute atomic E-state index is 0.402. The molecule has 0 radical (unpaired) electrons. The fourth-order valence-corrected chi connectivity index (χ4v) is 3.67. The van der Waals surface area contributed by atoms with Crippen molar-refractivity contribution in [3.8, 4) is 0 Å². The maximum absolute atomic E-state index is 13.3. The molecule has 0 bridgehead atoms. The van der Waals surface area contributed by atoms with E-state index in [4.69, 9.17) is 5.53 Å². The SMILES string of the molecule is [N-]=[N+]=N[C@]1(c2ccccc2)C(=O)c2cccc3c2N(CCC3)C1=O. The van der Waals surface area contributed by atoms with Gasteiger partial charge in [-0.15, -0.1) is 0 Å². The average Bonchev–Trinajstić information content (AvgIpc) is 2.64. The van der Waals surface area contributed by atoms with Crippen molar-refractivity contribution in [2.45, 2.75) is 18.4 Å². The first-order valence-electron chi connectivity index (χ1n) is 7.80. The summed E-state index contributed by atoms with van der Waals surface area (Å²) in [6.07, 6.45) is 1.65. The molecule has 0 N–H and O–H groups in total. The zero-order valence-electron chi connectivity index (χ0n) is 12.8. The van der Waals surface area contributed by atoms with Crippen LogP contribution in [0.5, 0.6) is 0 Å². The number of hydrogen-bond acceptors (Lipinski definition) is 3. The molecule has 0 saturated carbocycles. The summed E-state index contributed by atoms with van der Waals surface area (Å²) in [5, 5.41) is 3.74. The number of carbonyl (C=O) groups is 2. The van der Waals surface area contributed by atoms with Crippen LogP contribution >= 0.6 is 0 Å². The lowest BCUT2D eigenvalue weighted by molar-refractivity contribution is -0.122. The van der Waals surface area contributed by atoms with Crippen LogP contribution in [-0.2, 0) is 16.8 Å². The van der Waals surface area contributed by atoms with Gasteiger partial charge in [0, 0.05) is 17.0 Å². The number of carbonyl (C=O) groups excluding carboxylic acids is 2. The van der Waals surface area contributed by atoms with Crippen molar-refractivity contribution in [3.63, 3.8) is 0 Å². The Kier molecular flexibility index (Phi) is 3.15. The Balaban J connectivity index is 2.05. The molecule has 6 heteroatoms. The van der Waals surface area contributed by atoms with Gasteiger partial charge < -0.3 is 4.90 Å².